The van der Waals surface area contributed by atoms with E-state index < -0.39 is 17.9 Å². The number of nitrogens with zero attached hydrogens (tertiary/aromatic N) is 3. The summed E-state index contributed by atoms with van der Waals surface area (Å²) in [5.74, 6) is -0.202. The molecule has 1 aromatic rings. The van der Waals surface area contributed by atoms with Crippen LogP contribution in [0.3, 0.4) is 0 Å². The topological polar surface area (TPSA) is 126 Å². The molecule has 0 aromatic carbocycles. The van der Waals surface area contributed by atoms with Crippen LogP contribution in [-0.2, 0) is 19.1 Å². The number of hydrogen-bond acceptors (Lipinski definition) is 8. The highest BCUT2D eigenvalue weighted by Crippen LogP contribution is 2.47. The van der Waals surface area contributed by atoms with E-state index in [0.717, 1.165) is 68.9 Å². The molecular weight excluding hydrogens is 797 g/mol. The molecule has 0 spiro atoms. The van der Waals surface area contributed by atoms with Crippen molar-refractivity contribution in [3.63, 3.8) is 0 Å². The molecule has 0 saturated heterocycles. The second kappa shape index (κ2) is 20.8. The van der Waals surface area contributed by atoms with Gasteiger partial charge in [-0.15, -0.1) is 0 Å². The Morgan fingerprint density at radius 2 is 1.47 bits per heavy atom. The number of allylic oxidation sites excluding steroid dienone is 8. The first kappa shape index (κ1) is 47.6. The summed E-state index contributed by atoms with van der Waals surface area (Å²) in [6, 6.07) is 0. The molecule has 3 atom stereocenters. The largest absolute Gasteiger partial charge is 0.510 e. The number of nitrogens with one attached hydrogen (secondary N) is 1. The summed E-state index contributed by atoms with van der Waals surface area (Å²) < 4.78 is 10.9. The number of aromatic nitrogens is 1. The summed E-state index contributed by atoms with van der Waals surface area (Å²) in [5, 5.41) is 13.5. The first-order valence-corrected chi connectivity index (χ1v) is 23.1. The van der Waals surface area contributed by atoms with Crippen LogP contribution in [0.15, 0.2) is 126 Å². The van der Waals surface area contributed by atoms with Gasteiger partial charge in [-0.3, -0.25) is 4.79 Å². The van der Waals surface area contributed by atoms with E-state index in [4.69, 9.17) is 24.5 Å². The molecule has 1 aromatic heterocycles. The maximum absolute atomic E-state index is 13.6. The summed E-state index contributed by atoms with van der Waals surface area (Å²) in [7, 11) is 1.29. The number of aliphatic hydroxyl groups is 1. The van der Waals surface area contributed by atoms with Crippen molar-refractivity contribution in [1.82, 2.24) is 4.98 Å². The normalized spacial score (nSPS) is 19.3. The number of hydrogen-bond donors (Lipinski definition) is 2. The number of aliphatic hydroxyl groups excluding tert-OH is 1. The SMILES string of the molecule is C=CC1=C(C)C2=NC1=CC1=C(C)C3=C(O)[C@H](C(=O)OC)C(=C4N=C(C=c5[nH]c(c(C=C)c5C)=C2)C(C)=C4/C=C/C(=O)OC/C=C(\C)CCCC(C)CCCC(C)CCCC(C)C)C3=N1. The molecule has 4 aliphatic heterocycles. The van der Waals surface area contributed by atoms with Crippen molar-refractivity contribution in [1.29, 1.82) is 0 Å². The van der Waals surface area contributed by atoms with Gasteiger partial charge in [0.15, 0.2) is 0 Å². The van der Waals surface area contributed by atoms with Crippen LogP contribution in [0.2, 0.25) is 0 Å². The number of fused-ring (bicyclic) bond motifs is 5. The van der Waals surface area contributed by atoms with Crippen molar-refractivity contribution >= 4 is 47.3 Å². The van der Waals surface area contributed by atoms with Crippen LogP contribution in [-0.4, -0.2) is 52.9 Å². The number of aromatic amines is 1. The minimum atomic E-state index is -1.19. The third-order valence-electron chi connectivity index (χ3n) is 13.4. The maximum atomic E-state index is 13.6. The fraction of sp³-hybridized carbons (Fsp3) is 0.436. The van der Waals surface area contributed by atoms with Crippen LogP contribution in [0.4, 0.5) is 0 Å². The zero-order valence-electron chi connectivity index (χ0n) is 39.8. The monoisotopic (exact) mass is 865 g/mol. The highest BCUT2D eigenvalue weighted by molar-refractivity contribution is 6.28. The standard InChI is InChI=1S/C55H68N4O5/c1-13-39-35(8)42-28-44-37(10)41(24-25-48(60)64-27-26-34(7)23-17-22-33(6)21-16-20-32(5)19-15-18-31(3)4)52(58-44)50-51(55(62)63-12)54(61)49-38(11)45(59-53(49)50)30-47-40(14-2)36(9)43(57-47)29-46(39)56-42/h13-14,24-26,28-33,51,56,61H,1-2,15-23,27H2,3-12H3/b25-24+,34-26+,42-28?,46-29?,47-30?,52-50?/t32?,33?,51-/m1/s1. The van der Waals surface area contributed by atoms with Crippen molar-refractivity contribution in [2.45, 2.75) is 120 Å². The Morgan fingerprint density at radius 1 is 0.828 bits per heavy atom. The molecule has 64 heavy (non-hydrogen) atoms. The molecule has 1 aliphatic carbocycles. The summed E-state index contributed by atoms with van der Waals surface area (Å²) in [6.45, 7) is 27.7. The second-order valence-electron chi connectivity index (χ2n) is 18.6. The van der Waals surface area contributed by atoms with Crippen LogP contribution in [0, 0.1) is 30.6 Å². The molecule has 2 N–H and O–H groups in total. The molecule has 5 heterocycles. The Labute approximate surface area is 380 Å². The van der Waals surface area contributed by atoms with Crippen LogP contribution in [0.5, 0.6) is 0 Å². The predicted molar refractivity (Wildman–Crippen MR) is 263 cm³/mol. The first-order chi connectivity index (χ1) is 30.6. The Morgan fingerprint density at radius 3 is 2.12 bits per heavy atom. The number of H-pyrrole nitrogens is 1. The van der Waals surface area contributed by atoms with Crippen LogP contribution in [0.25, 0.3) is 18.2 Å². The summed E-state index contributed by atoms with van der Waals surface area (Å²) in [5.41, 5.74) is 11.3. The van der Waals surface area contributed by atoms with Gasteiger partial charge in [0, 0.05) is 44.6 Å². The predicted octanol–water partition coefficient (Wildman–Crippen LogP) is 11.2. The fourth-order valence-electron chi connectivity index (χ4n) is 9.32. The number of esters is 2. The smallest absolute Gasteiger partial charge is 0.331 e. The van der Waals surface area contributed by atoms with Gasteiger partial charge in [0.1, 0.15) is 18.3 Å². The van der Waals surface area contributed by atoms with E-state index in [1.807, 2.05) is 58.1 Å². The van der Waals surface area contributed by atoms with Gasteiger partial charge in [-0.05, 0) is 118 Å². The van der Waals surface area contributed by atoms with Gasteiger partial charge >= 0.3 is 11.9 Å². The van der Waals surface area contributed by atoms with Gasteiger partial charge in [0.05, 0.1) is 41.3 Å². The third-order valence-corrected chi connectivity index (χ3v) is 13.4. The third kappa shape index (κ3) is 10.2. The van der Waals surface area contributed by atoms with Gasteiger partial charge in [-0.25, -0.2) is 19.8 Å². The second-order valence-corrected chi connectivity index (χ2v) is 18.6. The van der Waals surface area contributed by atoms with Gasteiger partial charge < -0.3 is 19.6 Å². The van der Waals surface area contributed by atoms with E-state index in [2.05, 4.69) is 52.8 Å². The van der Waals surface area contributed by atoms with Crippen molar-refractivity contribution in [3.8, 4) is 0 Å². The minimum Gasteiger partial charge on any atom is -0.510 e. The number of methoxy groups -OCH3 is 1. The van der Waals surface area contributed by atoms with Gasteiger partial charge in [0.25, 0.3) is 0 Å². The molecule has 2 unspecified atom stereocenters. The van der Waals surface area contributed by atoms with E-state index in [1.165, 1.54) is 63.7 Å². The minimum absolute atomic E-state index is 0.164. The fourth-order valence-corrected chi connectivity index (χ4v) is 9.32. The molecular formula is C55H68N4O5. The molecule has 6 rings (SSSR count). The molecule has 9 nitrogen and oxygen atoms in total. The first-order valence-electron chi connectivity index (χ1n) is 23.1. The van der Waals surface area contributed by atoms with Gasteiger partial charge in [0.2, 0.25) is 0 Å². The molecule has 0 radical (unpaired) electrons. The highest BCUT2D eigenvalue weighted by Gasteiger charge is 2.47. The number of ether oxygens (including phenoxy) is 2. The Hall–Kier alpha value is -5.83. The lowest BCUT2D eigenvalue weighted by Gasteiger charge is -2.15. The molecule has 338 valence electrons. The summed E-state index contributed by atoms with van der Waals surface area (Å²) in [4.78, 5) is 45.7. The number of aliphatic imine (C=N–C) groups is 3. The number of rotatable bonds is 19. The molecule has 0 amide bonds. The summed E-state index contributed by atoms with van der Waals surface area (Å²) >= 11 is 0. The number of carbonyl (C=O) groups excluding carboxylic acids is 2. The molecule has 8 bridgehead atoms. The van der Waals surface area contributed by atoms with E-state index >= 15 is 0 Å². The van der Waals surface area contributed by atoms with Crippen LogP contribution >= 0.6 is 0 Å². The quantitative estimate of drug-likeness (QED) is 0.0814. The molecule has 0 saturated carbocycles. The number of carbonyl (C=O) groups is 2. The van der Waals surface area contributed by atoms with Crippen LogP contribution < -0.4 is 10.7 Å². The zero-order chi connectivity index (χ0) is 46.4. The zero-order valence-corrected chi connectivity index (χ0v) is 39.8. The Balaban J connectivity index is 1.26. The average Bonchev–Trinajstić information content (AvgIpc) is 3.99. The van der Waals surface area contributed by atoms with E-state index in [0.29, 0.717) is 56.7 Å². The molecule has 5 aliphatic rings. The highest BCUT2D eigenvalue weighted by atomic mass is 16.5. The lowest BCUT2D eigenvalue weighted by molar-refractivity contribution is -0.143. The lowest BCUT2D eigenvalue weighted by atomic mass is 9.91. The van der Waals surface area contributed by atoms with Crippen molar-refractivity contribution < 1.29 is 24.2 Å². The van der Waals surface area contributed by atoms with Crippen LogP contribution in [0.1, 0.15) is 124 Å². The average molecular weight is 865 g/mol. The van der Waals surface area contributed by atoms with Gasteiger partial charge in [-0.1, -0.05) is 104 Å². The maximum Gasteiger partial charge on any atom is 0.331 e. The van der Waals surface area contributed by atoms with Crippen molar-refractivity contribution in [3.05, 3.63) is 133 Å². The Kier molecular flexibility index (Phi) is 15.5. The lowest BCUT2D eigenvalue weighted by Crippen LogP contribution is -2.20. The Bertz CT molecular complexity index is 2600. The van der Waals surface area contributed by atoms with Crippen molar-refractivity contribution in [2.75, 3.05) is 13.7 Å². The van der Waals surface area contributed by atoms with E-state index in [1.54, 1.807) is 12.2 Å². The van der Waals surface area contributed by atoms with E-state index in [-0.39, 0.29) is 12.4 Å². The summed E-state index contributed by atoms with van der Waals surface area (Å²) in [6.07, 6.45) is 25.7. The van der Waals surface area contributed by atoms with E-state index in [9.17, 15) is 14.7 Å². The molecule has 0 fully saturated rings. The van der Waals surface area contributed by atoms with Gasteiger partial charge in [-0.2, -0.15) is 0 Å². The van der Waals surface area contributed by atoms with Crippen molar-refractivity contribution in [2.24, 2.45) is 38.6 Å². The molecule has 9 heteroatoms.